The Kier molecular flexibility index (Phi) is 8.59. The predicted molar refractivity (Wildman–Crippen MR) is 151 cm³/mol. The number of rotatable bonds is 10. The topological polar surface area (TPSA) is 63.9 Å². The van der Waals surface area contributed by atoms with Gasteiger partial charge < -0.3 is 4.74 Å². The lowest BCUT2D eigenvalue weighted by atomic mass is 10.1. The number of aromatic nitrogens is 2. The Bertz CT molecular complexity index is 1360. The monoisotopic (exact) mass is 521 g/mol. The van der Waals surface area contributed by atoms with Gasteiger partial charge in [0.1, 0.15) is 21.3 Å². The minimum atomic E-state index is -0.304. The first kappa shape index (κ1) is 26.1. The number of unbranched alkanes of at least 4 members (excludes halogenated alkanes) is 5. The quantitative estimate of drug-likeness (QED) is 0.169. The Hall–Kier alpha value is -2.97. The van der Waals surface area contributed by atoms with Gasteiger partial charge >= 0.3 is 0 Å². The minimum Gasteiger partial charge on any atom is -0.438 e. The summed E-state index contributed by atoms with van der Waals surface area (Å²) in [6.45, 7) is 6.76. The molecule has 1 aromatic carbocycles. The largest absolute Gasteiger partial charge is 0.438 e. The van der Waals surface area contributed by atoms with Crippen molar-refractivity contribution < 1.29 is 9.53 Å². The van der Waals surface area contributed by atoms with Crippen LogP contribution >= 0.6 is 24.0 Å². The van der Waals surface area contributed by atoms with Gasteiger partial charge in [0, 0.05) is 12.7 Å². The van der Waals surface area contributed by atoms with Crippen LogP contribution in [0.4, 0.5) is 0 Å². The SMILES string of the molecule is CCCCCCCCN1C(=O)/C(=C\c2c(Oc3cc(C)cc(C)c3)nc3ccccn3c2=O)SC1=S. The van der Waals surface area contributed by atoms with Crippen LogP contribution in [0.1, 0.15) is 62.1 Å². The zero-order chi connectivity index (χ0) is 25.7. The van der Waals surface area contributed by atoms with Gasteiger partial charge in [-0.2, -0.15) is 4.98 Å². The highest BCUT2D eigenvalue weighted by molar-refractivity contribution is 8.26. The molecule has 3 aromatic rings. The highest BCUT2D eigenvalue weighted by atomic mass is 32.2. The molecule has 188 valence electrons. The zero-order valence-electron chi connectivity index (χ0n) is 21.0. The van der Waals surface area contributed by atoms with E-state index in [0.29, 0.717) is 27.2 Å². The Morgan fingerprint density at radius 2 is 1.75 bits per heavy atom. The van der Waals surface area contributed by atoms with Gasteiger partial charge in [0.25, 0.3) is 11.5 Å². The summed E-state index contributed by atoms with van der Waals surface area (Å²) in [5.41, 5.74) is 2.47. The van der Waals surface area contributed by atoms with Crippen LogP contribution in [0, 0.1) is 13.8 Å². The van der Waals surface area contributed by atoms with Gasteiger partial charge in [-0.1, -0.05) is 75.1 Å². The fourth-order valence-electron chi connectivity index (χ4n) is 4.26. The van der Waals surface area contributed by atoms with Crippen molar-refractivity contribution in [3.05, 3.63) is 74.5 Å². The van der Waals surface area contributed by atoms with E-state index in [1.54, 1.807) is 29.3 Å². The average Bonchev–Trinajstić information content (AvgIpc) is 3.10. The summed E-state index contributed by atoms with van der Waals surface area (Å²) in [7, 11) is 0. The second kappa shape index (κ2) is 11.8. The number of hydrogen-bond donors (Lipinski definition) is 0. The maximum Gasteiger partial charge on any atom is 0.269 e. The number of nitrogens with zero attached hydrogens (tertiary/aromatic N) is 3. The highest BCUT2D eigenvalue weighted by Crippen LogP contribution is 2.34. The zero-order valence-corrected chi connectivity index (χ0v) is 22.6. The number of carbonyl (C=O) groups excluding carboxylic acids is 1. The number of ether oxygens (including phenoxy) is 1. The molecule has 6 nitrogen and oxygen atoms in total. The average molecular weight is 522 g/mol. The van der Waals surface area contributed by atoms with Gasteiger partial charge in [0.05, 0.1) is 4.91 Å². The number of hydrogen-bond acceptors (Lipinski definition) is 6. The second-order valence-corrected chi connectivity index (χ2v) is 10.8. The van der Waals surface area contributed by atoms with E-state index in [2.05, 4.69) is 11.9 Å². The minimum absolute atomic E-state index is 0.164. The first-order valence-corrected chi connectivity index (χ1v) is 13.6. The third-order valence-electron chi connectivity index (χ3n) is 6.03. The molecule has 0 radical (unpaired) electrons. The first-order chi connectivity index (χ1) is 17.4. The molecular formula is C28H31N3O3S2. The van der Waals surface area contributed by atoms with Crippen molar-refractivity contribution in [2.45, 2.75) is 59.3 Å². The molecule has 0 unspecified atom stereocenters. The molecule has 4 rings (SSSR count). The Morgan fingerprint density at radius 3 is 2.50 bits per heavy atom. The van der Waals surface area contributed by atoms with Gasteiger partial charge in [0.2, 0.25) is 5.88 Å². The molecule has 8 heteroatoms. The normalized spacial score (nSPS) is 14.9. The lowest BCUT2D eigenvalue weighted by Gasteiger charge is -2.14. The van der Waals surface area contributed by atoms with Crippen LogP contribution in [0.5, 0.6) is 11.6 Å². The summed E-state index contributed by atoms with van der Waals surface area (Å²) < 4.78 is 8.11. The Balaban J connectivity index is 1.64. The Labute approximate surface area is 221 Å². The molecule has 0 saturated carbocycles. The third-order valence-corrected chi connectivity index (χ3v) is 7.41. The summed E-state index contributed by atoms with van der Waals surface area (Å²) in [4.78, 5) is 33.3. The summed E-state index contributed by atoms with van der Waals surface area (Å²) in [5.74, 6) is 0.579. The first-order valence-electron chi connectivity index (χ1n) is 12.4. The van der Waals surface area contributed by atoms with E-state index in [9.17, 15) is 9.59 Å². The summed E-state index contributed by atoms with van der Waals surface area (Å²) >= 11 is 6.72. The molecule has 1 amide bonds. The van der Waals surface area contributed by atoms with Crippen LogP contribution in [0.3, 0.4) is 0 Å². The molecule has 1 aliphatic heterocycles. The second-order valence-electron chi connectivity index (χ2n) is 9.09. The van der Waals surface area contributed by atoms with E-state index < -0.39 is 0 Å². The van der Waals surface area contributed by atoms with Gasteiger partial charge in [-0.05, 0) is 61.7 Å². The van der Waals surface area contributed by atoms with Crippen molar-refractivity contribution in [2.75, 3.05) is 6.54 Å². The number of thiocarbonyl (C=S) groups is 1. The van der Waals surface area contributed by atoms with Crippen LogP contribution in [0.2, 0.25) is 0 Å². The third kappa shape index (κ3) is 6.05. The Morgan fingerprint density at radius 1 is 1.03 bits per heavy atom. The van der Waals surface area contributed by atoms with E-state index in [4.69, 9.17) is 17.0 Å². The lowest BCUT2D eigenvalue weighted by molar-refractivity contribution is -0.122. The lowest BCUT2D eigenvalue weighted by Crippen LogP contribution is -2.29. The number of thioether (sulfide) groups is 1. The van der Waals surface area contributed by atoms with Crippen LogP contribution in [-0.4, -0.2) is 31.1 Å². The summed E-state index contributed by atoms with van der Waals surface area (Å²) in [5, 5.41) is 0. The van der Waals surface area contributed by atoms with Crippen molar-refractivity contribution >= 4 is 45.9 Å². The molecule has 1 fully saturated rings. The number of pyridine rings is 1. The van der Waals surface area contributed by atoms with E-state index >= 15 is 0 Å². The number of amides is 1. The van der Waals surface area contributed by atoms with Crippen molar-refractivity contribution in [1.29, 1.82) is 0 Å². The number of benzene rings is 1. The van der Waals surface area contributed by atoms with Crippen molar-refractivity contribution in [1.82, 2.24) is 14.3 Å². The van der Waals surface area contributed by atoms with Gasteiger partial charge in [0.15, 0.2) is 0 Å². The molecule has 0 bridgehead atoms. The van der Waals surface area contributed by atoms with E-state index in [1.165, 1.54) is 35.4 Å². The molecule has 0 aliphatic carbocycles. The predicted octanol–water partition coefficient (Wildman–Crippen LogP) is 6.67. The summed E-state index contributed by atoms with van der Waals surface area (Å²) in [6, 6.07) is 11.2. The molecule has 2 aromatic heterocycles. The molecule has 1 aliphatic rings. The number of carbonyl (C=O) groups is 1. The van der Waals surface area contributed by atoms with Crippen LogP contribution < -0.4 is 10.3 Å². The van der Waals surface area contributed by atoms with Crippen LogP contribution in [-0.2, 0) is 4.79 Å². The van der Waals surface area contributed by atoms with Gasteiger partial charge in [-0.15, -0.1) is 0 Å². The van der Waals surface area contributed by atoms with E-state index in [-0.39, 0.29) is 22.9 Å². The standard InChI is InChI=1S/C28H31N3O3S2/c1-4-5-6-7-8-10-14-31-27(33)23(36-28(31)35)18-22-25(34-21-16-19(2)15-20(3)17-21)29-24-12-9-11-13-30(24)26(22)32/h9,11-13,15-18H,4-8,10,14H2,1-3H3/b23-18+. The fourth-order valence-corrected chi connectivity index (χ4v) is 5.55. The maximum absolute atomic E-state index is 13.5. The molecule has 0 N–H and O–H groups in total. The highest BCUT2D eigenvalue weighted by Gasteiger charge is 2.32. The van der Waals surface area contributed by atoms with E-state index in [0.717, 1.165) is 30.4 Å². The van der Waals surface area contributed by atoms with E-state index in [1.807, 2.05) is 38.1 Å². The number of fused-ring (bicyclic) bond motifs is 1. The molecule has 36 heavy (non-hydrogen) atoms. The molecule has 3 heterocycles. The van der Waals surface area contributed by atoms with Crippen molar-refractivity contribution in [3.8, 4) is 11.6 Å². The molecule has 0 spiro atoms. The van der Waals surface area contributed by atoms with Crippen molar-refractivity contribution in [3.63, 3.8) is 0 Å². The number of aryl methyl sites for hydroxylation is 2. The molecule has 1 saturated heterocycles. The summed E-state index contributed by atoms with van der Waals surface area (Å²) in [6.07, 6.45) is 10.0. The smallest absolute Gasteiger partial charge is 0.269 e. The van der Waals surface area contributed by atoms with Crippen molar-refractivity contribution in [2.24, 2.45) is 0 Å². The van der Waals surface area contributed by atoms with Gasteiger partial charge in [-0.25, -0.2) is 0 Å². The van der Waals surface area contributed by atoms with Crippen LogP contribution in [0.25, 0.3) is 11.7 Å². The fraction of sp³-hybridized carbons (Fsp3) is 0.357. The van der Waals surface area contributed by atoms with Crippen LogP contribution in [0.15, 0.2) is 52.3 Å². The van der Waals surface area contributed by atoms with Gasteiger partial charge in [-0.3, -0.25) is 18.9 Å². The maximum atomic E-state index is 13.5. The molecule has 0 atom stereocenters. The molecular weight excluding hydrogens is 490 g/mol.